The van der Waals surface area contributed by atoms with Crippen LogP contribution in [0.2, 0.25) is 0 Å². The molecular weight excluding hydrogens is 188 g/mol. The quantitative estimate of drug-likeness (QED) is 0.744. The van der Waals surface area contributed by atoms with Gasteiger partial charge in [-0.3, -0.25) is 4.79 Å². The molecule has 0 aromatic carbocycles. The molecule has 1 N–H and O–H groups in total. The maximum atomic E-state index is 11.6. The second kappa shape index (κ2) is 4.97. The number of amides is 1. The standard InChI is InChI=1S/C12H22N2O/c1-2-12(15)14-8-5-11(9-14)10-3-6-13-7-4-10/h10-11,13H,2-9H2,1H3. The van der Waals surface area contributed by atoms with E-state index < -0.39 is 0 Å². The molecule has 2 aliphatic heterocycles. The third kappa shape index (κ3) is 2.51. The molecule has 0 aliphatic carbocycles. The van der Waals surface area contributed by atoms with Crippen LogP contribution in [-0.4, -0.2) is 37.0 Å². The smallest absolute Gasteiger partial charge is 0.222 e. The van der Waals surface area contributed by atoms with Crippen molar-refractivity contribution in [1.29, 1.82) is 0 Å². The molecule has 0 saturated carbocycles. The number of nitrogens with zero attached hydrogens (tertiary/aromatic N) is 1. The first-order chi connectivity index (χ1) is 7.31. The Hall–Kier alpha value is -0.570. The number of likely N-dealkylation sites (tertiary alicyclic amines) is 1. The summed E-state index contributed by atoms with van der Waals surface area (Å²) in [6.45, 7) is 6.32. The van der Waals surface area contributed by atoms with Gasteiger partial charge in [0.15, 0.2) is 0 Å². The lowest BCUT2D eigenvalue weighted by atomic mass is 9.84. The van der Waals surface area contributed by atoms with Gasteiger partial charge in [-0.1, -0.05) is 6.92 Å². The van der Waals surface area contributed by atoms with E-state index in [0.29, 0.717) is 12.3 Å². The minimum Gasteiger partial charge on any atom is -0.342 e. The number of carbonyl (C=O) groups is 1. The molecule has 2 saturated heterocycles. The van der Waals surface area contributed by atoms with Crippen LogP contribution in [0.15, 0.2) is 0 Å². The molecule has 3 heteroatoms. The molecule has 86 valence electrons. The molecule has 0 radical (unpaired) electrons. The van der Waals surface area contributed by atoms with Gasteiger partial charge in [0, 0.05) is 19.5 Å². The maximum absolute atomic E-state index is 11.6. The van der Waals surface area contributed by atoms with Crippen LogP contribution < -0.4 is 5.32 Å². The fourth-order valence-electron chi connectivity index (χ4n) is 2.94. The van der Waals surface area contributed by atoms with Crippen molar-refractivity contribution in [2.75, 3.05) is 26.2 Å². The zero-order chi connectivity index (χ0) is 10.7. The molecule has 15 heavy (non-hydrogen) atoms. The van der Waals surface area contributed by atoms with Crippen LogP contribution in [0.25, 0.3) is 0 Å². The van der Waals surface area contributed by atoms with E-state index in [9.17, 15) is 4.79 Å². The van der Waals surface area contributed by atoms with Gasteiger partial charge in [0.2, 0.25) is 5.91 Å². The third-order valence-electron chi connectivity index (χ3n) is 3.93. The molecule has 0 aromatic heterocycles. The first-order valence-electron chi connectivity index (χ1n) is 6.29. The van der Waals surface area contributed by atoms with Gasteiger partial charge >= 0.3 is 0 Å². The second-order valence-electron chi connectivity index (χ2n) is 4.83. The van der Waals surface area contributed by atoms with Crippen molar-refractivity contribution in [2.24, 2.45) is 11.8 Å². The van der Waals surface area contributed by atoms with Crippen molar-refractivity contribution in [3.63, 3.8) is 0 Å². The average molecular weight is 210 g/mol. The third-order valence-corrected chi connectivity index (χ3v) is 3.93. The summed E-state index contributed by atoms with van der Waals surface area (Å²) in [5.74, 6) is 1.98. The summed E-state index contributed by atoms with van der Waals surface area (Å²) >= 11 is 0. The molecule has 0 aromatic rings. The van der Waals surface area contributed by atoms with Crippen molar-refractivity contribution < 1.29 is 4.79 Å². The van der Waals surface area contributed by atoms with Crippen molar-refractivity contribution in [3.05, 3.63) is 0 Å². The Kier molecular flexibility index (Phi) is 3.62. The van der Waals surface area contributed by atoms with Crippen LogP contribution in [0.4, 0.5) is 0 Å². The fraction of sp³-hybridized carbons (Fsp3) is 0.917. The Morgan fingerprint density at radius 2 is 2.00 bits per heavy atom. The Balaban J connectivity index is 1.83. The van der Waals surface area contributed by atoms with Crippen LogP contribution in [-0.2, 0) is 4.79 Å². The molecule has 2 fully saturated rings. The highest BCUT2D eigenvalue weighted by Gasteiger charge is 2.31. The van der Waals surface area contributed by atoms with E-state index in [0.717, 1.165) is 24.9 Å². The molecule has 2 heterocycles. The summed E-state index contributed by atoms with van der Waals surface area (Å²) in [5.41, 5.74) is 0. The second-order valence-corrected chi connectivity index (χ2v) is 4.83. The molecule has 2 rings (SSSR count). The monoisotopic (exact) mass is 210 g/mol. The van der Waals surface area contributed by atoms with Gasteiger partial charge in [0.05, 0.1) is 0 Å². The van der Waals surface area contributed by atoms with Crippen LogP contribution in [0, 0.1) is 11.8 Å². The average Bonchev–Trinajstić information content (AvgIpc) is 2.78. The van der Waals surface area contributed by atoms with E-state index in [1.165, 1.54) is 32.4 Å². The number of nitrogens with one attached hydrogen (secondary N) is 1. The summed E-state index contributed by atoms with van der Waals surface area (Å²) < 4.78 is 0. The Morgan fingerprint density at radius 3 is 2.67 bits per heavy atom. The number of hydrogen-bond donors (Lipinski definition) is 1. The summed E-state index contributed by atoms with van der Waals surface area (Å²) in [5, 5.41) is 3.40. The normalized spacial score (nSPS) is 28.3. The molecule has 3 nitrogen and oxygen atoms in total. The van der Waals surface area contributed by atoms with E-state index >= 15 is 0 Å². The minimum absolute atomic E-state index is 0.339. The van der Waals surface area contributed by atoms with E-state index in [-0.39, 0.29) is 0 Å². The van der Waals surface area contributed by atoms with Gasteiger partial charge in [-0.2, -0.15) is 0 Å². The van der Waals surface area contributed by atoms with Gasteiger partial charge in [-0.05, 0) is 44.2 Å². The van der Waals surface area contributed by atoms with E-state index in [4.69, 9.17) is 0 Å². The van der Waals surface area contributed by atoms with Crippen molar-refractivity contribution in [1.82, 2.24) is 10.2 Å². The topological polar surface area (TPSA) is 32.3 Å². The Morgan fingerprint density at radius 1 is 1.27 bits per heavy atom. The summed E-state index contributed by atoms with van der Waals surface area (Å²) in [4.78, 5) is 13.6. The molecule has 1 atom stereocenters. The molecule has 1 amide bonds. The van der Waals surface area contributed by atoms with Crippen molar-refractivity contribution >= 4 is 5.91 Å². The first kappa shape index (κ1) is 10.9. The Bertz CT molecular complexity index is 224. The zero-order valence-corrected chi connectivity index (χ0v) is 9.67. The lowest BCUT2D eigenvalue weighted by molar-refractivity contribution is -0.130. The minimum atomic E-state index is 0.339. The van der Waals surface area contributed by atoms with E-state index in [2.05, 4.69) is 10.2 Å². The highest BCUT2D eigenvalue weighted by Crippen LogP contribution is 2.30. The highest BCUT2D eigenvalue weighted by molar-refractivity contribution is 5.76. The van der Waals surface area contributed by atoms with Gasteiger partial charge < -0.3 is 10.2 Å². The lowest BCUT2D eigenvalue weighted by Crippen LogP contribution is -2.34. The maximum Gasteiger partial charge on any atom is 0.222 e. The molecule has 0 spiro atoms. The van der Waals surface area contributed by atoms with Crippen LogP contribution in [0.1, 0.15) is 32.6 Å². The Labute approximate surface area is 92.2 Å². The SMILES string of the molecule is CCC(=O)N1CCC(C2CCNCC2)C1. The molecule has 1 unspecified atom stereocenters. The van der Waals surface area contributed by atoms with Crippen molar-refractivity contribution in [2.45, 2.75) is 32.6 Å². The zero-order valence-electron chi connectivity index (χ0n) is 9.67. The lowest BCUT2D eigenvalue weighted by Gasteiger charge is -2.28. The molecular formula is C12H22N2O. The van der Waals surface area contributed by atoms with Crippen LogP contribution in [0.5, 0.6) is 0 Å². The highest BCUT2D eigenvalue weighted by atomic mass is 16.2. The molecule has 2 aliphatic rings. The van der Waals surface area contributed by atoms with Crippen LogP contribution >= 0.6 is 0 Å². The first-order valence-corrected chi connectivity index (χ1v) is 6.29. The van der Waals surface area contributed by atoms with Crippen molar-refractivity contribution in [3.8, 4) is 0 Å². The summed E-state index contributed by atoms with van der Waals surface area (Å²) in [6, 6.07) is 0. The number of piperidine rings is 1. The van der Waals surface area contributed by atoms with Gasteiger partial charge in [-0.15, -0.1) is 0 Å². The van der Waals surface area contributed by atoms with Gasteiger partial charge in [-0.25, -0.2) is 0 Å². The largest absolute Gasteiger partial charge is 0.342 e. The summed E-state index contributed by atoms with van der Waals surface area (Å²) in [7, 11) is 0. The molecule has 0 bridgehead atoms. The predicted octanol–water partition coefficient (Wildman–Crippen LogP) is 1.24. The number of carbonyl (C=O) groups excluding carboxylic acids is 1. The number of hydrogen-bond acceptors (Lipinski definition) is 2. The predicted molar refractivity (Wildman–Crippen MR) is 60.6 cm³/mol. The van der Waals surface area contributed by atoms with E-state index in [1.807, 2.05) is 6.92 Å². The summed E-state index contributed by atoms with van der Waals surface area (Å²) in [6.07, 6.45) is 4.51. The van der Waals surface area contributed by atoms with Crippen LogP contribution in [0.3, 0.4) is 0 Å². The number of rotatable bonds is 2. The van der Waals surface area contributed by atoms with E-state index in [1.54, 1.807) is 0 Å². The van der Waals surface area contributed by atoms with Gasteiger partial charge in [0.1, 0.15) is 0 Å². The fourth-order valence-corrected chi connectivity index (χ4v) is 2.94. The van der Waals surface area contributed by atoms with Gasteiger partial charge in [0.25, 0.3) is 0 Å².